The van der Waals surface area contributed by atoms with E-state index in [0.29, 0.717) is 6.54 Å². The van der Waals surface area contributed by atoms with Gasteiger partial charge in [0.25, 0.3) is 0 Å². The number of amides is 1. The summed E-state index contributed by atoms with van der Waals surface area (Å²) in [5.74, 6) is 0.857. The summed E-state index contributed by atoms with van der Waals surface area (Å²) >= 11 is 10.6. The Labute approximate surface area is 149 Å². The predicted molar refractivity (Wildman–Crippen MR) is 93.8 cm³/mol. The van der Waals surface area contributed by atoms with Crippen LogP contribution < -0.4 is 15.4 Å². The van der Waals surface area contributed by atoms with Gasteiger partial charge in [0.15, 0.2) is 0 Å². The average Bonchev–Trinajstić information content (AvgIpc) is 3.01. The maximum atomic E-state index is 11.9. The molecular formula is C14H17Br3N2O2. The van der Waals surface area contributed by atoms with Crippen molar-refractivity contribution in [1.29, 1.82) is 0 Å². The second kappa shape index (κ2) is 7.94. The molecule has 2 rings (SSSR count). The summed E-state index contributed by atoms with van der Waals surface area (Å²) in [7, 11) is 1.64. The summed E-state index contributed by atoms with van der Waals surface area (Å²) < 4.78 is 8.10. The van der Waals surface area contributed by atoms with Gasteiger partial charge in [-0.05, 0) is 85.2 Å². The Morgan fingerprint density at radius 2 is 2.14 bits per heavy atom. The first-order valence-electron chi connectivity index (χ1n) is 6.76. The van der Waals surface area contributed by atoms with Crippen molar-refractivity contribution in [2.24, 2.45) is 0 Å². The molecule has 2 N–H and O–H groups in total. The van der Waals surface area contributed by atoms with Crippen molar-refractivity contribution in [1.82, 2.24) is 10.6 Å². The van der Waals surface area contributed by atoms with Crippen LogP contribution in [0.25, 0.3) is 0 Å². The van der Waals surface area contributed by atoms with E-state index in [1.807, 2.05) is 6.07 Å². The molecule has 0 saturated carbocycles. The molecule has 0 spiro atoms. The number of hydrogen-bond donors (Lipinski definition) is 2. The van der Waals surface area contributed by atoms with Crippen LogP contribution in [-0.4, -0.2) is 32.1 Å². The molecule has 21 heavy (non-hydrogen) atoms. The van der Waals surface area contributed by atoms with Crippen LogP contribution in [0.4, 0.5) is 0 Å². The van der Waals surface area contributed by atoms with E-state index in [2.05, 4.69) is 58.4 Å². The van der Waals surface area contributed by atoms with E-state index in [1.165, 1.54) is 0 Å². The molecule has 1 saturated heterocycles. The van der Waals surface area contributed by atoms with Gasteiger partial charge in [-0.2, -0.15) is 0 Å². The molecule has 1 aromatic carbocycles. The molecule has 1 aliphatic rings. The van der Waals surface area contributed by atoms with Gasteiger partial charge in [0.1, 0.15) is 5.75 Å². The molecule has 4 nitrogen and oxygen atoms in total. The summed E-state index contributed by atoms with van der Waals surface area (Å²) in [4.78, 5) is 11.9. The number of benzene rings is 1. The fourth-order valence-corrected chi connectivity index (χ4v) is 4.01. The van der Waals surface area contributed by atoms with Crippen LogP contribution in [0.5, 0.6) is 5.75 Å². The first-order valence-corrected chi connectivity index (χ1v) is 9.14. The van der Waals surface area contributed by atoms with E-state index in [1.54, 1.807) is 7.11 Å². The van der Waals surface area contributed by atoms with Crippen LogP contribution in [0.2, 0.25) is 0 Å². The van der Waals surface area contributed by atoms with Gasteiger partial charge in [-0.3, -0.25) is 4.79 Å². The van der Waals surface area contributed by atoms with E-state index in [-0.39, 0.29) is 11.9 Å². The molecule has 1 atom stereocenters. The number of ether oxygens (including phenoxy) is 1. The van der Waals surface area contributed by atoms with Gasteiger partial charge < -0.3 is 15.4 Å². The van der Waals surface area contributed by atoms with Gasteiger partial charge in [0.05, 0.1) is 17.6 Å². The number of carbonyl (C=O) groups excluding carboxylic acids is 1. The van der Waals surface area contributed by atoms with Gasteiger partial charge in [-0.1, -0.05) is 0 Å². The quantitative estimate of drug-likeness (QED) is 0.630. The molecule has 116 valence electrons. The van der Waals surface area contributed by atoms with E-state index in [4.69, 9.17) is 4.74 Å². The second-order valence-electron chi connectivity index (χ2n) is 4.87. The Hall–Kier alpha value is -0.110. The summed E-state index contributed by atoms with van der Waals surface area (Å²) in [6.07, 6.45) is 2.73. The number of halogens is 3. The van der Waals surface area contributed by atoms with Crippen LogP contribution in [-0.2, 0) is 11.2 Å². The largest absolute Gasteiger partial charge is 0.496 e. The molecule has 0 unspecified atom stereocenters. The minimum absolute atomic E-state index is 0.0281. The lowest BCUT2D eigenvalue weighted by Gasteiger charge is -2.14. The zero-order valence-corrected chi connectivity index (χ0v) is 16.4. The van der Waals surface area contributed by atoms with Crippen LogP contribution in [0, 0.1) is 0 Å². The normalized spacial score (nSPS) is 17.8. The smallest absolute Gasteiger partial charge is 0.237 e. The van der Waals surface area contributed by atoms with E-state index >= 15 is 0 Å². The summed E-state index contributed by atoms with van der Waals surface area (Å²) in [6, 6.07) is 1.94. The van der Waals surface area contributed by atoms with Crippen molar-refractivity contribution in [3.05, 3.63) is 25.0 Å². The van der Waals surface area contributed by atoms with E-state index in [0.717, 1.165) is 50.5 Å². The molecule has 0 aromatic heterocycles. The maximum absolute atomic E-state index is 11.9. The first kappa shape index (κ1) is 17.2. The van der Waals surface area contributed by atoms with Crippen LogP contribution in [0.15, 0.2) is 19.5 Å². The third-order valence-electron chi connectivity index (χ3n) is 3.48. The molecule has 1 aromatic rings. The van der Waals surface area contributed by atoms with Crippen molar-refractivity contribution in [2.45, 2.75) is 25.3 Å². The minimum Gasteiger partial charge on any atom is -0.496 e. The SMILES string of the molecule is COc1cc(CCNC(=O)[C@@H]2CCCN2)c(Br)c(Br)c1Br. The highest BCUT2D eigenvalue weighted by molar-refractivity contribution is 9.14. The van der Waals surface area contributed by atoms with E-state index < -0.39 is 0 Å². The number of rotatable bonds is 5. The Morgan fingerprint density at radius 3 is 2.76 bits per heavy atom. The fourth-order valence-electron chi connectivity index (χ4n) is 2.31. The standard InChI is InChI=1S/C14H17Br3N2O2/c1-21-10-7-8(11(15)13(17)12(10)16)4-6-19-14(20)9-3-2-5-18-9/h7,9,18H,2-6H2,1H3,(H,19,20)/t9-/m0/s1. The Balaban J connectivity index is 1.96. The van der Waals surface area contributed by atoms with Crippen molar-refractivity contribution in [2.75, 3.05) is 20.2 Å². The highest BCUT2D eigenvalue weighted by atomic mass is 79.9. The second-order valence-corrected chi connectivity index (χ2v) is 7.25. The summed E-state index contributed by atoms with van der Waals surface area (Å²) in [6.45, 7) is 1.54. The molecule has 1 fully saturated rings. The zero-order valence-electron chi connectivity index (χ0n) is 11.6. The van der Waals surface area contributed by atoms with Crippen molar-refractivity contribution in [3.63, 3.8) is 0 Å². The van der Waals surface area contributed by atoms with Crippen LogP contribution in [0.1, 0.15) is 18.4 Å². The highest BCUT2D eigenvalue weighted by Gasteiger charge is 2.21. The topological polar surface area (TPSA) is 50.4 Å². The number of methoxy groups -OCH3 is 1. The lowest BCUT2D eigenvalue weighted by Crippen LogP contribution is -2.41. The first-order chi connectivity index (χ1) is 10.0. The summed E-state index contributed by atoms with van der Waals surface area (Å²) in [5, 5.41) is 6.18. The Bertz CT molecular complexity index is 531. The van der Waals surface area contributed by atoms with Gasteiger partial charge in [-0.15, -0.1) is 0 Å². The monoisotopic (exact) mass is 482 g/mol. The third-order valence-corrected chi connectivity index (χ3v) is 7.03. The highest BCUT2D eigenvalue weighted by Crippen LogP contribution is 2.40. The maximum Gasteiger partial charge on any atom is 0.237 e. The molecule has 0 bridgehead atoms. The van der Waals surface area contributed by atoms with Gasteiger partial charge >= 0.3 is 0 Å². The van der Waals surface area contributed by atoms with Gasteiger partial charge in [-0.25, -0.2) is 0 Å². The molecule has 0 radical (unpaired) electrons. The van der Waals surface area contributed by atoms with Crippen LogP contribution >= 0.6 is 47.8 Å². The summed E-state index contributed by atoms with van der Waals surface area (Å²) in [5.41, 5.74) is 1.08. The number of nitrogens with one attached hydrogen (secondary N) is 2. The fraction of sp³-hybridized carbons (Fsp3) is 0.500. The molecular weight excluding hydrogens is 468 g/mol. The average molecular weight is 485 g/mol. The number of hydrogen-bond acceptors (Lipinski definition) is 3. The molecule has 1 amide bonds. The lowest BCUT2D eigenvalue weighted by molar-refractivity contribution is -0.122. The Kier molecular flexibility index (Phi) is 6.52. The van der Waals surface area contributed by atoms with E-state index in [9.17, 15) is 4.79 Å². The molecule has 0 aliphatic carbocycles. The predicted octanol–water partition coefficient (Wildman–Crippen LogP) is 3.39. The molecule has 1 heterocycles. The number of carbonyl (C=O) groups is 1. The van der Waals surface area contributed by atoms with Gasteiger partial charge in [0, 0.05) is 15.5 Å². The van der Waals surface area contributed by atoms with Crippen molar-refractivity contribution >= 4 is 53.7 Å². The van der Waals surface area contributed by atoms with Crippen LogP contribution in [0.3, 0.4) is 0 Å². The molecule has 7 heteroatoms. The minimum atomic E-state index is -0.0281. The van der Waals surface area contributed by atoms with Crippen molar-refractivity contribution in [3.8, 4) is 5.75 Å². The Morgan fingerprint density at radius 1 is 1.38 bits per heavy atom. The zero-order chi connectivity index (χ0) is 15.4. The lowest BCUT2D eigenvalue weighted by atomic mass is 10.1. The third kappa shape index (κ3) is 4.21. The van der Waals surface area contributed by atoms with Gasteiger partial charge in [0.2, 0.25) is 5.91 Å². The van der Waals surface area contributed by atoms with Crippen molar-refractivity contribution < 1.29 is 9.53 Å². The molecule has 1 aliphatic heterocycles.